The van der Waals surface area contributed by atoms with E-state index in [1.54, 1.807) is 6.92 Å². The molecule has 0 saturated heterocycles. The van der Waals surface area contributed by atoms with Crippen LogP contribution in [-0.4, -0.2) is 28.6 Å². The predicted octanol–water partition coefficient (Wildman–Crippen LogP) is 1.65. The zero-order valence-corrected chi connectivity index (χ0v) is 12.1. The van der Waals surface area contributed by atoms with Crippen molar-refractivity contribution in [2.75, 3.05) is 5.73 Å². The molecule has 0 bridgehead atoms. The Labute approximate surface area is 117 Å². The summed E-state index contributed by atoms with van der Waals surface area (Å²) in [7, 11) is 0. The van der Waals surface area contributed by atoms with E-state index in [0.717, 1.165) is 0 Å². The van der Waals surface area contributed by atoms with Crippen LogP contribution in [0.1, 0.15) is 38.1 Å². The summed E-state index contributed by atoms with van der Waals surface area (Å²) in [6.07, 6.45) is -0.825. The summed E-state index contributed by atoms with van der Waals surface area (Å²) >= 11 is 0. The van der Waals surface area contributed by atoms with Crippen molar-refractivity contribution in [1.29, 1.82) is 0 Å². The van der Waals surface area contributed by atoms with Gasteiger partial charge >= 0.3 is 5.97 Å². The Morgan fingerprint density at radius 3 is 2.45 bits per heavy atom. The van der Waals surface area contributed by atoms with Crippen LogP contribution >= 0.6 is 0 Å². The monoisotopic (exact) mass is 280 g/mol. The van der Waals surface area contributed by atoms with Crippen LogP contribution in [0.25, 0.3) is 0 Å². The van der Waals surface area contributed by atoms with Gasteiger partial charge in [0.05, 0.1) is 0 Å². The molecule has 0 spiro atoms. The molecule has 1 atom stereocenters. The molecule has 1 aromatic carbocycles. The molecule has 0 radical (unpaired) electrons. The van der Waals surface area contributed by atoms with Crippen molar-refractivity contribution in [3.8, 4) is 5.75 Å². The quantitative estimate of drug-likeness (QED) is 0.728. The second kappa shape index (κ2) is 5.81. The Bertz CT molecular complexity index is 520. The van der Waals surface area contributed by atoms with Gasteiger partial charge in [0, 0.05) is 17.3 Å². The summed E-state index contributed by atoms with van der Waals surface area (Å²) in [4.78, 5) is 23.0. The highest BCUT2D eigenvalue weighted by molar-refractivity contribution is 5.92. The van der Waals surface area contributed by atoms with Crippen LogP contribution in [0.15, 0.2) is 18.2 Å². The summed E-state index contributed by atoms with van der Waals surface area (Å²) in [5, 5.41) is 11.8. The average Bonchev–Trinajstić information content (AvgIpc) is 2.26. The first kappa shape index (κ1) is 15.8. The molecule has 0 aliphatic rings. The minimum Gasteiger partial charge on any atom is -0.480 e. The van der Waals surface area contributed by atoms with E-state index in [1.165, 1.54) is 18.2 Å². The molecule has 1 rings (SSSR count). The van der Waals surface area contributed by atoms with Gasteiger partial charge in [-0.1, -0.05) is 0 Å². The number of nitrogen functional groups attached to an aromatic ring is 1. The number of aromatic carboxylic acids is 1. The summed E-state index contributed by atoms with van der Waals surface area (Å²) in [5.41, 5.74) is 5.56. The van der Waals surface area contributed by atoms with E-state index < -0.39 is 12.1 Å². The molecule has 0 heterocycles. The van der Waals surface area contributed by atoms with Gasteiger partial charge in [0.25, 0.3) is 5.91 Å². The van der Waals surface area contributed by atoms with Gasteiger partial charge in [-0.2, -0.15) is 0 Å². The lowest BCUT2D eigenvalue weighted by Gasteiger charge is -2.24. The fourth-order valence-corrected chi connectivity index (χ4v) is 1.53. The fourth-order valence-electron chi connectivity index (χ4n) is 1.53. The number of nitrogens with one attached hydrogen (secondary N) is 1. The largest absolute Gasteiger partial charge is 0.480 e. The zero-order chi connectivity index (χ0) is 15.5. The van der Waals surface area contributed by atoms with Gasteiger partial charge in [0.1, 0.15) is 11.3 Å². The molecule has 1 aromatic rings. The molecule has 4 N–H and O–H groups in total. The van der Waals surface area contributed by atoms with E-state index in [-0.39, 0.29) is 22.8 Å². The van der Waals surface area contributed by atoms with Crippen molar-refractivity contribution in [3.63, 3.8) is 0 Å². The average molecular weight is 280 g/mol. The Balaban J connectivity index is 2.90. The maximum Gasteiger partial charge on any atom is 0.339 e. The lowest BCUT2D eigenvalue weighted by Crippen LogP contribution is -2.46. The van der Waals surface area contributed by atoms with E-state index in [0.29, 0.717) is 5.69 Å². The molecule has 1 unspecified atom stereocenters. The number of hydrogen-bond donors (Lipinski definition) is 3. The van der Waals surface area contributed by atoms with Gasteiger partial charge < -0.3 is 20.9 Å². The lowest BCUT2D eigenvalue weighted by atomic mass is 10.1. The molecule has 110 valence electrons. The third-order valence-corrected chi connectivity index (χ3v) is 2.41. The van der Waals surface area contributed by atoms with Crippen LogP contribution < -0.4 is 15.8 Å². The van der Waals surface area contributed by atoms with Crippen LogP contribution in [0, 0.1) is 0 Å². The van der Waals surface area contributed by atoms with Gasteiger partial charge in [0.2, 0.25) is 0 Å². The second-order valence-electron chi connectivity index (χ2n) is 5.56. The van der Waals surface area contributed by atoms with Gasteiger partial charge in [-0.15, -0.1) is 0 Å². The third kappa shape index (κ3) is 4.46. The summed E-state index contributed by atoms with van der Waals surface area (Å²) < 4.78 is 5.42. The van der Waals surface area contributed by atoms with Gasteiger partial charge in [-0.25, -0.2) is 4.79 Å². The van der Waals surface area contributed by atoms with Crippen LogP contribution in [-0.2, 0) is 4.79 Å². The van der Waals surface area contributed by atoms with Crippen LogP contribution in [0.5, 0.6) is 5.75 Å². The summed E-state index contributed by atoms with van der Waals surface area (Å²) in [6.45, 7) is 7.10. The number of amides is 1. The standard InChI is InChI=1S/C14H20N2O4/c1-8(12(17)16-14(2,3)4)20-11-7-9(15)5-6-10(11)13(18)19/h5-8H,15H2,1-4H3,(H,16,17)(H,18,19). The van der Waals surface area contributed by atoms with E-state index in [4.69, 9.17) is 15.6 Å². The fraction of sp³-hybridized carbons (Fsp3) is 0.429. The summed E-state index contributed by atoms with van der Waals surface area (Å²) in [6, 6.07) is 4.21. The van der Waals surface area contributed by atoms with Crippen molar-refractivity contribution < 1.29 is 19.4 Å². The Morgan fingerprint density at radius 1 is 1.35 bits per heavy atom. The number of carbonyl (C=O) groups excluding carboxylic acids is 1. The Morgan fingerprint density at radius 2 is 1.95 bits per heavy atom. The predicted molar refractivity (Wildman–Crippen MR) is 75.8 cm³/mol. The number of benzene rings is 1. The van der Waals surface area contributed by atoms with E-state index in [1.807, 2.05) is 20.8 Å². The third-order valence-electron chi connectivity index (χ3n) is 2.41. The molecule has 20 heavy (non-hydrogen) atoms. The highest BCUT2D eigenvalue weighted by Gasteiger charge is 2.22. The normalized spacial score (nSPS) is 12.6. The number of carboxylic acid groups (broad SMARTS) is 1. The van der Waals surface area contributed by atoms with Crippen molar-refractivity contribution >= 4 is 17.6 Å². The molecule has 0 aliphatic heterocycles. The van der Waals surface area contributed by atoms with Crippen molar-refractivity contribution in [1.82, 2.24) is 5.32 Å². The number of nitrogens with two attached hydrogens (primary N) is 1. The minimum absolute atomic E-state index is 0.0328. The van der Waals surface area contributed by atoms with E-state index in [9.17, 15) is 9.59 Å². The van der Waals surface area contributed by atoms with E-state index >= 15 is 0 Å². The van der Waals surface area contributed by atoms with Crippen molar-refractivity contribution in [2.45, 2.75) is 39.3 Å². The SMILES string of the molecule is CC(Oc1cc(N)ccc1C(=O)O)C(=O)NC(C)(C)C. The number of carbonyl (C=O) groups is 2. The first-order valence-corrected chi connectivity index (χ1v) is 6.21. The molecule has 0 aliphatic carbocycles. The molecule has 1 amide bonds. The van der Waals surface area contributed by atoms with E-state index in [2.05, 4.69) is 5.32 Å². The number of rotatable bonds is 4. The van der Waals surface area contributed by atoms with Gasteiger partial charge in [-0.3, -0.25) is 4.79 Å². The van der Waals surface area contributed by atoms with Gasteiger partial charge in [0.15, 0.2) is 6.10 Å². The molecular formula is C14H20N2O4. The second-order valence-corrected chi connectivity index (χ2v) is 5.56. The first-order chi connectivity index (χ1) is 9.10. The number of ether oxygens (including phenoxy) is 1. The summed E-state index contributed by atoms with van der Waals surface area (Å²) in [5.74, 6) is -1.38. The Hall–Kier alpha value is -2.24. The molecule has 0 fully saturated rings. The molecule has 6 nitrogen and oxygen atoms in total. The molecule has 0 saturated carbocycles. The lowest BCUT2D eigenvalue weighted by molar-refractivity contribution is -0.128. The highest BCUT2D eigenvalue weighted by atomic mass is 16.5. The Kier molecular flexibility index (Phi) is 4.60. The minimum atomic E-state index is -1.14. The van der Waals surface area contributed by atoms with Gasteiger partial charge in [-0.05, 0) is 39.8 Å². The zero-order valence-electron chi connectivity index (χ0n) is 12.1. The number of anilines is 1. The molecule has 6 heteroatoms. The van der Waals surface area contributed by atoms with Crippen LogP contribution in [0.2, 0.25) is 0 Å². The van der Waals surface area contributed by atoms with Crippen LogP contribution in [0.4, 0.5) is 5.69 Å². The molecular weight excluding hydrogens is 260 g/mol. The number of carboxylic acids is 1. The highest BCUT2D eigenvalue weighted by Crippen LogP contribution is 2.23. The number of hydrogen-bond acceptors (Lipinski definition) is 4. The van der Waals surface area contributed by atoms with Crippen molar-refractivity contribution in [2.24, 2.45) is 0 Å². The maximum atomic E-state index is 11.9. The van der Waals surface area contributed by atoms with Crippen LogP contribution in [0.3, 0.4) is 0 Å². The first-order valence-electron chi connectivity index (χ1n) is 6.21. The smallest absolute Gasteiger partial charge is 0.339 e. The topological polar surface area (TPSA) is 102 Å². The maximum absolute atomic E-state index is 11.9. The molecule has 0 aromatic heterocycles. The van der Waals surface area contributed by atoms with Crippen molar-refractivity contribution in [3.05, 3.63) is 23.8 Å².